The summed E-state index contributed by atoms with van der Waals surface area (Å²) in [4.78, 5) is 12.3. The Morgan fingerprint density at radius 3 is 2.64 bits per heavy atom. The topological polar surface area (TPSA) is 26.3 Å². The third-order valence-electron chi connectivity index (χ3n) is 2.56. The molecule has 2 nitrogen and oxygen atoms in total. The van der Waals surface area contributed by atoms with Crippen LogP contribution in [-0.2, 0) is 0 Å². The molecule has 0 aliphatic rings. The summed E-state index contributed by atoms with van der Waals surface area (Å²) in [6.45, 7) is 0. The molecular formula is C15H10F4O2S. The molecule has 0 bridgehead atoms. The fraction of sp³-hybridized carbons (Fsp3) is 0.133. The lowest BCUT2D eigenvalue weighted by Gasteiger charge is -2.16. The molecule has 0 amide bonds. The van der Waals surface area contributed by atoms with Gasteiger partial charge < -0.3 is 4.74 Å². The van der Waals surface area contributed by atoms with E-state index in [2.05, 4.69) is 4.74 Å². The fourth-order valence-electron chi connectivity index (χ4n) is 1.56. The molecular weight excluding hydrogens is 320 g/mol. The molecule has 0 saturated carbocycles. The van der Waals surface area contributed by atoms with Gasteiger partial charge in [0.25, 0.3) is 0 Å². The first-order valence-electron chi connectivity index (χ1n) is 6.09. The van der Waals surface area contributed by atoms with Crippen molar-refractivity contribution in [3.63, 3.8) is 0 Å². The molecule has 116 valence electrons. The van der Waals surface area contributed by atoms with Crippen LogP contribution in [0.1, 0.15) is 15.2 Å². The van der Waals surface area contributed by atoms with E-state index < -0.39 is 18.3 Å². The minimum atomic E-state index is -4.56. The van der Waals surface area contributed by atoms with E-state index in [1.54, 1.807) is 17.5 Å². The van der Waals surface area contributed by atoms with Crippen LogP contribution >= 0.6 is 11.3 Å². The Labute approximate surface area is 127 Å². The van der Waals surface area contributed by atoms with E-state index in [0.717, 1.165) is 12.1 Å². The molecule has 2 rings (SSSR count). The number of halogens is 4. The highest BCUT2D eigenvalue weighted by Gasteiger charge is 2.43. The van der Waals surface area contributed by atoms with Crippen molar-refractivity contribution >= 4 is 23.2 Å². The number of carbonyl (C=O) groups excluding carboxylic acids is 1. The van der Waals surface area contributed by atoms with Crippen molar-refractivity contribution < 1.29 is 27.1 Å². The average Bonchev–Trinajstić information content (AvgIpc) is 2.99. The summed E-state index contributed by atoms with van der Waals surface area (Å²) in [6.07, 6.45) is -5.81. The molecule has 0 spiro atoms. The molecule has 1 aromatic heterocycles. The van der Waals surface area contributed by atoms with Gasteiger partial charge in [-0.25, -0.2) is 0 Å². The van der Waals surface area contributed by atoms with Crippen LogP contribution in [0.4, 0.5) is 17.6 Å². The van der Waals surface area contributed by atoms with Gasteiger partial charge in [0.2, 0.25) is 0 Å². The molecule has 0 aliphatic carbocycles. The van der Waals surface area contributed by atoms with E-state index in [4.69, 9.17) is 0 Å². The summed E-state index contributed by atoms with van der Waals surface area (Å²) in [5, 5.41) is 1.75. The van der Waals surface area contributed by atoms with Crippen molar-refractivity contribution in [2.45, 2.75) is 12.5 Å². The van der Waals surface area contributed by atoms with Crippen LogP contribution in [0.15, 0.2) is 47.9 Å². The zero-order valence-electron chi connectivity index (χ0n) is 11.0. The van der Waals surface area contributed by atoms with Crippen molar-refractivity contribution in [3.05, 3.63) is 58.3 Å². The number of alkyl halides is 4. The number of benzene rings is 1. The van der Waals surface area contributed by atoms with E-state index in [1.165, 1.54) is 35.6 Å². The number of thiophene rings is 1. The molecule has 2 aromatic rings. The lowest BCUT2D eigenvalue weighted by molar-refractivity contribution is -0.253. The van der Waals surface area contributed by atoms with Gasteiger partial charge in [0.1, 0.15) is 5.75 Å². The molecule has 1 aromatic carbocycles. The largest absolute Gasteiger partial charge is 0.461 e. The molecule has 0 atom stereocenters. The van der Waals surface area contributed by atoms with Gasteiger partial charge in [-0.1, -0.05) is 24.3 Å². The highest BCUT2D eigenvalue weighted by molar-refractivity contribution is 7.12. The Morgan fingerprint density at radius 1 is 1.23 bits per heavy atom. The Morgan fingerprint density at radius 2 is 2.00 bits per heavy atom. The SMILES string of the molecule is O=C(/C=C/c1cccc(OC(F)(F)C(F)F)c1)c1cccs1. The minimum Gasteiger partial charge on any atom is -0.428 e. The monoisotopic (exact) mass is 330 g/mol. The summed E-state index contributed by atoms with van der Waals surface area (Å²) in [5.41, 5.74) is 0.382. The van der Waals surface area contributed by atoms with E-state index in [-0.39, 0.29) is 5.78 Å². The Balaban J connectivity index is 2.10. The number of ether oxygens (including phenoxy) is 1. The van der Waals surface area contributed by atoms with Crippen molar-refractivity contribution in [1.82, 2.24) is 0 Å². The average molecular weight is 330 g/mol. The minimum absolute atomic E-state index is 0.237. The second-order valence-corrected chi connectivity index (χ2v) is 5.16. The highest BCUT2D eigenvalue weighted by atomic mass is 32.1. The molecule has 0 aliphatic heterocycles. The molecule has 0 unspecified atom stereocenters. The maximum atomic E-state index is 12.8. The van der Waals surface area contributed by atoms with Gasteiger partial charge in [-0.15, -0.1) is 11.3 Å². The van der Waals surface area contributed by atoms with Crippen molar-refractivity contribution in [2.75, 3.05) is 0 Å². The van der Waals surface area contributed by atoms with Gasteiger partial charge in [0.15, 0.2) is 5.78 Å². The third-order valence-corrected chi connectivity index (χ3v) is 3.44. The summed E-state index contributed by atoms with van der Waals surface area (Å²) < 4.78 is 53.8. The van der Waals surface area contributed by atoms with Crippen molar-refractivity contribution in [1.29, 1.82) is 0 Å². The number of hydrogen-bond donors (Lipinski definition) is 0. The normalized spacial score (nSPS) is 12.0. The Kier molecular flexibility index (Phi) is 4.97. The van der Waals surface area contributed by atoms with Crippen LogP contribution in [-0.4, -0.2) is 18.3 Å². The van der Waals surface area contributed by atoms with Gasteiger partial charge in [-0.3, -0.25) is 4.79 Å². The quantitative estimate of drug-likeness (QED) is 0.429. The number of carbonyl (C=O) groups is 1. The Hall–Kier alpha value is -2.15. The van der Waals surface area contributed by atoms with Crippen LogP contribution in [0.2, 0.25) is 0 Å². The van der Waals surface area contributed by atoms with Crippen molar-refractivity contribution in [2.24, 2.45) is 0 Å². The summed E-state index contributed by atoms with van der Waals surface area (Å²) >= 11 is 1.27. The van der Waals surface area contributed by atoms with Crippen LogP contribution in [0.5, 0.6) is 5.75 Å². The van der Waals surface area contributed by atoms with Gasteiger partial charge in [-0.05, 0) is 35.2 Å². The van der Waals surface area contributed by atoms with Crippen molar-refractivity contribution in [3.8, 4) is 5.75 Å². The smallest absolute Gasteiger partial charge is 0.428 e. The van der Waals surface area contributed by atoms with Crippen LogP contribution in [0, 0.1) is 0 Å². The zero-order valence-corrected chi connectivity index (χ0v) is 11.8. The van der Waals surface area contributed by atoms with Gasteiger partial charge in [-0.2, -0.15) is 17.6 Å². The first-order valence-corrected chi connectivity index (χ1v) is 6.97. The first kappa shape index (κ1) is 16.2. The first-order chi connectivity index (χ1) is 10.4. The van der Waals surface area contributed by atoms with Gasteiger partial charge >= 0.3 is 12.5 Å². The highest BCUT2D eigenvalue weighted by Crippen LogP contribution is 2.28. The molecule has 0 saturated heterocycles. The predicted molar refractivity (Wildman–Crippen MR) is 75.7 cm³/mol. The zero-order chi connectivity index (χ0) is 16.2. The van der Waals surface area contributed by atoms with Crippen LogP contribution in [0.25, 0.3) is 6.08 Å². The molecule has 7 heteroatoms. The maximum absolute atomic E-state index is 12.8. The molecule has 0 fully saturated rings. The molecule has 22 heavy (non-hydrogen) atoms. The fourth-order valence-corrected chi connectivity index (χ4v) is 2.20. The summed E-state index contributed by atoms with van der Waals surface area (Å²) in [5.74, 6) is -0.643. The number of hydrogen-bond acceptors (Lipinski definition) is 3. The van der Waals surface area contributed by atoms with E-state index in [9.17, 15) is 22.4 Å². The summed E-state index contributed by atoms with van der Waals surface area (Å²) in [6, 6.07) is 8.56. The Bertz CT molecular complexity index is 666. The van der Waals surface area contributed by atoms with E-state index in [1.807, 2.05) is 0 Å². The molecule has 0 radical (unpaired) electrons. The molecule has 0 N–H and O–H groups in total. The standard InChI is InChI=1S/C15H10F4O2S/c16-14(17)15(18,19)21-11-4-1-3-10(9-11)6-7-12(20)13-5-2-8-22-13/h1-9,14H/b7-6+. The number of ketones is 1. The lowest BCUT2D eigenvalue weighted by Crippen LogP contribution is -2.33. The number of rotatable bonds is 6. The van der Waals surface area contributed by atoms with Crippen LogP contribution in [0.3, 0.4) is 0 Å². The van der Waals surface area contributed by atoms with Gasteiger partial charge in [0, 0.05) is 0 Å². The lowest BCUT2D eigenvalue weighted by atomic mass is 10.2. The summed E-state index contributed by atoms with van der Waals surface area (Å²) in [7, 11) is 0. The molecule has 1 heterocycles. The van der Waals surface area contributed by atoms with E-state index in [0.29, 0.717) is 10.4 Å². The maximum Gasteiger partial charge on any atom is 0.461 e. The third kappa shape index (κ3) is 4.17. The van der Waals surface area contributed by atoms with Gasteiger partial charge in [0.05, 0.1) is 4.88 Å². The van der Waals surface area contributed by atoms with E-state index >= 15 is 0 Å². The second kappa shape index (κ2) is 6.74. The second-order valence-electron chi connectivity index (χ2n) is 4.21. The van der Waals surface area contributed by atoms with Crippen LogP contribution < -0.4 is 4.74 Å². The predicted octanol–water partition coefficient (Wildman–Crippen LogP) is 4.88. The number of allylic oxidation sites excluding steroid dienone is 1.